The van der Waals surface area contributed by atoms with Crippen molar-refractivity contribution < 1.29 is 0 Å². The van der Waals surface area contributed by atoms with Gasteiger partial charge in [0.2, 0.25) is 11.2 Å². The number of para-hydroxylation sites is 1. The van der Waals surface area contributed by atoms with Crippen molar-refractivity contribution in [3.05, 3.63) is 41.4 Å². The lowest BCUT2D eigenvalue weighted by atomic mass is 10.3. The molecular weight excluding hydrogens is 260 g/mol. The standard InChI is InChI=1S/C10H9ClN4.2C2H6/c1-7-12-9(11)15-10(13-7)14-8-5-3-2-4-6-8;2*1-2/h2-6H,1H3,(H,12,13,14,15);2*1-2H3. The molecule has 104 valence electrons. The Hall–Kier alpha value is -1.68. The maximum Gasteiger partial charge on any atom is 0.231 e. The zero-order valence-corrected chi connectivity index (χ0v) is 12.9. The SMILES string of the molecule is CC.CC.Cc1nc(Cl)nc(Nc2ccccc2)n1. The van der Waals surface area contributed by atoms with Crippen LogP contribution in [0, 0.1) is 6.92 Å². The Bertz CT molecular complexity index is 440. The van der Waals surface area contributed by atoms with Crippen molar-refractivity contribution in [2.24, 2.45) is 0 Å². The summed E-state index contributed by atoms with van der Waals surface area (Å²) in [7, 11) is 0. The van der Waals surface area contributed by atoms with E-state index in [0.29, 0.717) is 11.8 Å². The summed E-state index contributed by atoms with van der Waals surface area (Å²) in [6.45, 7) is 9.77. The normalized spacial score (nSPS) is 8.53. The highest BCUT2D eigenvalue weighted by Gasteiger charge is 2.01. The molecule has 0 atom stereocenters. The van der Waals surface area contributed by atoms with E-state index in [2.05, 4.69) is 20.3 Å². The Morgan fingerprint density at radius 1 is 0.895 bits per heavy atom. The second-order valence-corrected chi connectivity index (χ2v) is 3.30. The molecule has 19 heavy (non-hydrogen) atoms. The lowest BCUT2D eigenvalue weighted by Gasteiger charge is -2.04. The van der Waals surface area contributed by atoms with Crippen molar-refractivity contribution in [1.82, 2.24) is 15.0 Å². The van der Waals surface area contributed by atoms with Gasteiger partial charge in [0.15, 0.2) is 0 Å². The van der Waals surface area contributed by atoms with Gasteiger partial charge in [-0.3, -0.25) is 0 Å². The van der Waals surface area contributed by atoms with Crippen LogP contribution in [0.4, 0.5) is 11.6 Å². The number of benzene rings is 1. The fourth-order valence-corrected chi connectivity index (χ4v) is 1.36. The van der Waals surface area contributed by atoms with Crippen LogP contribution >= 0.6 is 11.6 Å². The third-order valence-electron chi connectivity index (χ3n) is 1.75. The predicted molar refractivity (Wildman–Crippen MR) is 82.0 cm³/mol. The fourth-order valence-electron chi connectivity index (χ4n) is 1.16. The summed E-state index contributed by atoms with van der Waals surface area (Å²) in [5.41, 5.74) is 0.916. The molecule has 1 aromatic heterocycles. The van der Waals surface area contributed by atoms with Gasteiger partial charge in [-0.2, -0.15) is 9.97 Å². The van der Waals surface area contributed by atoms with Crippen molar-refractivity contribution in [2.75, 3.05) is 5.32 Å². The van der Waals surface area contributed by atoms with E-state index in [1.165, 1.54) is 0 Å². The van der Waals surface area contributed by atoms with Crippen LogP contribution in [-0.4, -0.2) is 15.0 Å². The molecule has 1 heterocycles. The number of nitrogens with one attached hydrogen (secondary N) is 1. The number of halogens is 1. The number of nitrogens with zero attached hydrogens (tertiary/aromatic N) is 3. The minimum Gasteiger partial charge on any atom is -0.324 e. The van der Waals surface area contributed by atoms with Crippen molar-refractivity contribution in [2.45, 2.75) is 34.6 Å². The largest absolute Gasteiger partial charge is 0.324 e. The third kappa shape index (κ3) is 6.72. The monoisotopic (exact) mass is 280 g/mol. The van der Waals surface area contributed by atoms with E-state index < -0.39 is 0 Å². The topological polar surface area (TPSA) is 50.7 Å². The minimum atomic E-state index is 0.195. The third-order valence-corrected chi connectivity index (χ3v) is 1.92. The molecule has 0 saturated carbocycles. The number of aryl methyl sites for hydroxylation is 1. The van der Waals surface area contributed by atoms with Crippen LogP contribution in [0.1, 0.15) is 33.5 Å². The minimum absolute atomic E-state index is 0.195. The second kappa shape index (κ2) is 10.3. The quantitative estimate of drug-likeness (QED) is 0.871. The lowest BCUT2D eigenvalue weighted by Crippen LogP contribution is -2.00. The van der Waals surface area contributed by atoms with Crippen LogP contribution in [-0.2, 0) is 0 Å². The smallest absolute Gasteiger partial charge is 0.231 e. The molecular formula is C14H21ClN4. The molecule has 2 rings (SSSR count). The highest BCUT2D eigenvalue weighted by molar-refractivity contribution is 6.28. The van der Waals surface area contributed by atoms with Crippen molar-refractivity contribution in [3.8, 4) is 0 Å². The van der Waals surface area contributed by atoms with Gasteiger partial charge in [0.1, 0.15) is 5.82 Å². The number of rotatable bonds is 2. The molecule has 1 aromatic carbocycles. The van der Waals surface area contributed by atoms with Crippen LogP contribution in [0.25, 0.3) is 0 Å². The highest BCUT2D eigenvalue weighted by Crippen LogP contribution is 2.12. The molecule has 0 aliphatic carbocycles. The van der Waals surface area contributed by atoms with Crippen molar-refractivity contribution in [1.29, 1.82) is 0 Å². The zero-order valence-electron chi connectivity index (χ0n) is 12.1. The Labute approximate surface area is 120 Å². The summed E-state index contributed by atoms with van der Waals surface area (Å²) < 4.78 is 0. The molecule has 0 spiro atoms. The first kappa shape index (κ1) is 17.3. The van der Waals surface area contributed by atoms with Crippen LogP contribution in [0.5, 0.6) is 0 Å². The Morgan fingerprint density at radius 2 is 1.47 bits per heavy atom. The molecule has 1 N–H and O–H groups in total. The molecule has 0 bridgehead atoms. The number of hydrogen-bond donors (Lipinski definition) is 1. The van der Waals surface area contributed by atoms with Gasteiger partial charge in [0.25, 0.3) is 0 Å². The van der Waals surface area contributed by atoms with Gasteiger partial charge >= 0.3 is 0 Å². The predicted octanol–water partition coefficient (Wildman–Crippen LogP) is 4.63. The van der Waals surface area contributed by atoms with E-state index in [1.54, 1.807) is 6.92 Å². The van der Waals surface area contributed by atoms with E-state index in [9.17, 15) is 0 Å². The Balaban J connectivity index is 0.000000741. The Kier molecular flexibility index (Phi) is 9.35. The Morgan fingerprint density at radius 3 is 2.00 bits per heavy atom. The van der Waals surface area contributed by atoms with Gasteiger partial charge in [-0.1, -0.05) is 45.9 Å². The second-order valence-electron chi connectivity index (χ2n) is 2.97. The molecule has 5 heteroatoms. The first-order valence-electron chi connectivity index (χ1n) is 6.44. The van der Waals surface area contributed by atoms with Crippen LogP contribution in [0.2, 0.25) is 5.28 Å². The fraction of sp³-hybridized carbons (Fsp3) is 0.357. The summed E-state index contributed by atoms with van der Waals surface area (Å²) in [6, 6.07) is 9.65. The van der Waals surface area contributed by atoms with Gasteiger partial charge in [0, 0.05) is 5.69 Å². The first-order valence-corrected chi connectivity index (χ1v) is 6.82. The van der Waals surface area contributed by atoms with Gasteiger partial charge in [-0.25, -0.2) is 4.98 Å². The van der Waals surface area contributed by atoms with Crippen LogP contribution in [0.3, 0.4) is 0 Å². The molecule has 0 saturated heterocycles. The summed E-state index contributed by atoms with van der Waals surface area (Å²) in [4.78, 5) is 12.0. The van der Waals surface area contributed by atoms with Crippen LogP contribution < -0.4 is 5.32 Å². The van der Waals surface area contributed by atoms with E-state index in [4.69, 9.17) is 11.6 Å². The number of aromatic nitrogens is 3. The van der Waals surface area contributed by atoms with Gasteiger partial charge < -0.3 is 5.32 Å². The lowest BCUT2D eigenvalue weighted by molar-refractivity contribution is 0.983. The van der Waals surface area contributed by atoms with Gasteiger partial charge in [0.05, 0.1) is 0 Å². The summed E-state index contributed by atoms with van der Waals surface area (Å²) in [6.07, 6.45) is 0. The highest BCUT2D eigenvalue weighted by atomic mass is 35.5. The summed E-state index contributed by atoms with van der Waals surface area (Å²) in [5.74, 6) is 1.05. The molecule has 0 aliphatic rings. The molecule has 0 unspecified atom stereocenters. The van der Waals surface area contributed by atoms with E-state index in [0.717, 1.165) is 5.69 Å². The molecule has 0 amide bonds. The van der Waals surface area contributed by atoms with Crippen molar-refractivity contribution >= 4 is 23.2 Å². The molecule has 0 aliphatic heterocycles. The van der Waals surface area contributed by atoms with Crippen molar-refractivity contribution in [3.63, 3.8) is 0 Å². The number of anilines is 2. The van der Waals surface area contributed by atoms with E-state index in [1.807, 2.05) is 58.0 Å². The van der Waals surface area contributed by atoms with E-state index >= 15 is 0 Å². The van der Waals surface area contributed by atoms with Gasteiger partial charge in [-0.15, -0.1) is 0 Å². The first-order chi connectivity index (χ1) is 9.24. The zero-order chi connectivity index (χ0) is 14.7. The molecule has 0 fully saturated rings. The maximum absolute atomic E-state index is 5.71. The maximum atomic E-state index is 5.71. The average Bonchev–Trinajstić information content (AvgIpc) is 2.43. The van der Waals surface area contributed by atoms with Crippen LogP contribution in [0.15, 0.2) is 30.3 Å². The average molecular weight is 281 g/mol. The molecule has 2 aromatic rings. The summed E-state index contributed by atoms with van der Waals surface area (Å²) >= 11 is 5.71. The molecule has 0 radical (unpaired) electrons. The summed E-state index contributed by atoms with van der Waals surface area (Å²) in [5, 5.41) is 3.23. The number of hydrogen-bond acceptors (Lipinski definition) is 4. The molecule has 4 nitrogen and oxygen atoms in total. The van der Waals surface area contributed by atoms with Gasteiger partial charge in [-0.05, 0) is 30.7 Å². The van der Waals surface area contributed by atoms with E-state index in [-0.39, 0.29) is 5.28 Å².